The van der Waals surface area contributed by atoms with Crippen molar-refractivity contribution in [3.63, 3.8) is 0 Å². The summed E-state index contributed by atoms with van der Waals surface area (Å²) in [6.45, 7) is -1.95. The predicted octanol–water partition coefficient (Wildman–Crippen LogP) is -1.04. The molecule has 0 aliphatic rings. The van der Waals surface area contributed by atoms with Gasteiger partial charge in [0, 0.05) is 10.4 Å². The zero-order valence-electron chi connectivity index (χ0n) is 7.45. The van der Waals surface area contributed by atoms with E-state index in [2.05, 4.69) is 0 Å². The molecule has 82 valence electrons. The molecule has 0 aromatic rings. The van der Waals surface area contributed by atoms with Crippen molar-refractivity contribution in [3.8, 4) is 0 Å². The molecular formula is C6H7N3O6. The molecule has 0 spiro atoms. The van der Waals surface area contributed by atoms with Gasteiger partial charge in [0.05, 0.1) is 19.6 Å². The second-order valence-electron chi connectivity index (χ2n) is 2.51. The van der Waals surface area contributed by atoms with Gasteiger partial charge in [-0.1, -0.05) is 0 Å². The fourth-order valence-electron chi connectivity index (χ4n) is 0.799. The Morgan fingerprint density at radius 1 is 0.933 bits per heavy atom. The topological polar surface area (TPSA) is 134 Å². The molecule has 0 bridgehead atoms. The highest BCUT2D eigenvalue weighted by atomic mass is 16.4. The summed E-state index contributed by atoms with van der Waals surface area (Å²) in [7, 11) is 0. The molecule has 0 aliphatic heterocycles. The van der Waals surface area contributed by atoms with Crippen molar-refractivity contribution in [2.75, 3.05) is 19.6 Å². The summed E-state index contributed by atoms with van der Waals surface area (Å²) in [4.78, 5) is 51.6. The summed E-state index contributed by atoms with van der Waals surface area (Å²) >= 11 is 0. The first-order chi connectivity index (χ1) is 6.99. The minimum atomic E-state index is -1.31. The summed E-state index contributed by atoms with van der Waals surface area (Å²) in [5.74, 6) is -3.57. The van der Waals surface area contributed by atoms with E-state index in [0.29, 0.717) is 0 Å². The van der Waals surface area contributed by atoms with Gasteiger partial charge in [0.2, 0.25) is 0 Å². The Balaban J connectivity index is 4.35. The largest absolute Gasteiger partial charge is 0.480 e. The average molecular weight is 217 g/mol. The normalized spacial score (nSPS) is 9.67. The lowest BCUT2D eigenvalue weighted by molar-refractivity contribution is -0.138. The molecule has 0 aromatic heterocycles. The number of carbonyl (C=O) groups is 3. The standard InChI is InChI=1S/C6H7N3O6/c10-4(7-14)1-9(3-6(12)13)2-5(11)8-15/h1-3H2,(H,12,13). The number of nitrogens with zero attached hydrogens (tertiary/aromatic N) is 3. The Morgan fingerprint density at radius 2 is 1.33 bits per heavy atom. The molecule has 0 heterocycles. The number of rotatable bonds is 6. The SMILES string of the molecule is O=NC(=O)CN(CC(=O)O)CC(=O)N=O. The van der Waals surface area contributed by atoms with E-state index in [1.165, 1.54) is 0 Å². The first-order valence-electron chi connectivity index (χ1n) is 3.66. The second kappa shape index (κ2) is 6.43. The van der Waals surface area contributed by atoms with E-state index in [9.17, 15) is 24.2 Å². The monoisotopic (exact) mass is 217 g/mol. The van der Waals surface area contributed by atoms with Crippen molar-refractivity contribution in [3.05, 3.63) is 9.81 Å². The van der Waals surface area contributed by atoms with E-state index in [-0.39, 0.29) is 0 Å². The van der Waals surface area contributed by atoms with E-state index in [0.717, 1.165) is 4.90 Å². The van der Waals surface area contributed by atoms with E-state index < -0.39 is 37.4 Å². The lowest BCUT2D eigenvalue weighted by Gasteiger charge is -2.14. The molecule has 0 radical (unpaired) electrons. The van der Waals surface area contributed by atoms with Gasteiger partial charge in [-0.2, -0.15) is 0 Å². The highest BCUT2D eigenvalue weighted by Gasteiger charge is 2.17. The smallest absolute Gasteiger partial charge is 0.317 e. The summed E-state index contributed by atoms with van der Waals surface area (Å²) < 4.78 is 0. The highest BCUT2D eigenvalue weighted by molar-refractivity contribution is 5.82. The van der Waals surface area contributed by atoms with Crippen molar-refractivity contribution >= 4 is 17.8 Å². The van der Waals surface area contributed by atoms with Crippen LogP contribution in [0.3, 0.4) is 0 Å². The molecule has 0 unspecified atom stereocenters. The number of amides is 2. The summed E-state index contributed by atoms with van der Waals surface area (Å²) in [6, 6.07) is 0. The summed E-state index contributed by atoms with van der Waals surface area (Å²) in [5.41, 5.74) is 0. The van der Waals surface area contributed by atoms with Crippen molar-refractivity contribution in [2.24, 2.45) is 10.4 Å². The molecule has 0 aromatic carbocycles. The van der Waals surface area contributed by atoms with Crippen LogP contribution in [0, 0.1) is 9.81 Å². The molecule has 9 nitrogen and oxygen atoms in total. The Bertz CT molecular complexity index is 279. The van der Waals surface area contributed by atoms with Gasteiger partial charge >= 0.3 is 5.97 Å². The van der Waals surface area contributed by atoms with Gasteiger partial charge in [0.15, 0.2) is 0 Å². The lowest BCUT2D eigenvalue weighted by atomic mass is 10.4. The van der Waals surface area contributed by atoms with Crippen LogP contribution >= 0.6 is 0 Å². The van der Waals surface area contributed by atoms with Gasteiger partial charge in [-0.25, -0.2) is 0 Å². The number of aliphatic carboxylic acids is 1. The molecule has 0 atom stereocenters. The average Bonchev–Trinajstić information content (AvgIpc) is 2.16. The Morgan fingerprint density at radius 3 is 1.60 bits per heavy atom. The number of nitroso groups, excluding NO2 is 2. The van der Waals surface area contributed by atoms with Gasteiger partial charge in [0.1, 0.15) is 0 Å². The third-order valence-electron chi connectivity index (χ3n) is 1.28. The van der Waals surface area contributed by atoms with Gasteiger partial charge in [-0.3, -0.25) is 19.3 Å². The zero-order valence-corrected chi connectivity index (χ0v) is 7.45. The molecule has 0 saturated carbocycles. The number of hydrogen-bond donors (Lipinski definition) is 1. The highest BCUT2D eigenvalue weighted by Crippen LogP contribution is 1.91. The molecule has 15 heavy (non-hydrogen) atoms. The summed E-state index contributed by atoms with van der Waals surface area (Å²) in [5, 5.41) is 12.4. The molecule has 0 aliphatic carbocycles. The van der Waals surface area contributed by atoms with Crippen molar-refractivity contribution in [1.82, 2.24) is 4.90 Å². The lowest BCUT2D eigenvalue weighted by Crippen LogP contribution is -2.37. The van der Waals surface area contributed by atoms with Crippen molar-refractivity contribution < 1.29 is 19.5 Å². The minimum absolute atomic E-state index is 0.642. The number of carboxylic acid groups (broad SMARTS) is 1. The van der Waals surface area contributed by atoms with Gasteiger partial charge in [0.25, 0.3) is 11.8 Å². The predicted molar refractivity (Wildman–Crippen MR) is 45.7 cm³/mol. The number of carbonyl (C=O) groups excluding carboxylic acids is 2. The van der Waals surface area contributed by atoms with Crippen LogP contribution in [0.15, 0.2) is 10.4 Å². The minimum Gasteiger partial charge on any atom is -0.480 e. The van der Waals surface area contributed by atoms with Gasteiger partial charge in [-0.15, -0.1) is 9.81 Å². The number of carboxylic acids is 1. The third-order valence-corrected chi connectivity index (χ3v) is 1.28. The Hall–Kier alpha value is -2.03. The van der Waals surface area contributed by atoms with Crippen LogP contribution in [-0.2, 0) is 14.4 Å². The van der Waals surface area contributed by atoms with Crippen LogP contribution in [0.5, 0.6) is 0 Å². The molecule has 0 rings (SSSR count). The molecule has 9 heteroatoms. The number of hydrogen-bond acceptors (Lipinski definition) is 6. The molecule has 1 N–H and O–H groups in total. The maximum Gasteiger partial charge on any atom is 0.317 e. The Kier molecular flexibility index (Phi) is 5.56. The van der Waals surface area contributed by atoms with Gasteiger partial charge in [-0.05, 0) is 0 Å². The zero-order chi connectivity index (χ0) is 11.8. The fourth-order valence-corrected chi connectivity index (χ4v) is 0.799. The maximum absolute atomic E-state index is 10.5. The first-order valence-corrected chi connectivity index (χ1v) is 3.66. The quantitative estimate of drug-likeness (QED) is 0.561. The van der Waals surface area contributed by atoms with Crippen LogP contribution in [0.2, 0.25) is 0 Å². The second-order valence-corrected chi connectivity index (χ2v) is 2.51. The van der Waals surface area contributed by atoms with Crippen LogP contribution in [0.1, 0.15) is 0 Å². The molecule has 2 amide bonds. The van der Waals surface area contributed by atoms with Crippen molar-refractivity contribution in [2.45, 2.75) is 0 Å². The summed E-state index contributed by atoms with van der Waals surface area (Å²) in [6.07, 6.45) is 0. The van der Waals surface area contributed by atoms with E-state index in [4.69, 9.17) is 5.11 Å². The molecule has 0 saturated heterocycles. The van der Waals surface area contributed by atoms with Crippen molar-refractivity contribution in [1.29, 1.82) is 0 Å². The van der Waals surface area contributed by atoms with Crippen LogP contribution in [0.4, 0.5) is 0 Å². The van der Waals surface area contributed by atoms with E-state index >= 15 is 0 Å². The van der Waals surface area contributed by atoms with E-state index in [1.807, 2.05) is 10.4 Å². The van der Waals surface area contributed by atoms with Gasteiger partial charge < -0.3 is 5.11 Å². The van der Waals surface area contributed by atoms with Crippen LogP contribution in [0.25, 0.3) is 0 Å². The Labute approximate surface area is 83.0 Å². The van der Waals surface area contributed by atoms with Crippen LogP contribution in [-0.4, -0.2) is 47.4 Å². The van der Waals surface area contributed by atoms with E-state index in [1.54, 1.807) is 0 Å². The third kappa shape index (κ3) is 6.10. The molecule has 0 fully saturated rings. The van der Waals surface area contributed by atoms with Crippen LogP contribution < -0.4 is 0 Å². The molecular weight excluding hydrogens is 210 g/mol. The maximum atomic E-state index is 10.5. The fraction of sp³-hybridized carbons (Fsp3) is 0.500. The first kappa shape index (κ1) is 13.0.